The van der Waals surface area contributed by atoms with Gasteiger partial charge in [-0.2, -0.15) is 0 Å². The fourth-order valence-corrected chi connectivity index (χ4v) is 2.25. The summed E-state index contributed by atoms with van der Waals surface area (Å²) in [5.41, 5.74) is 8.02. The molecule has 0 spiro atoms. The first-order chi connectivity index (χ1) is 12.2. The number of nitrogens with one attached hydrogen (secondary N) is 1. The van der Waals surface area contributed by atoms with Gasteiger partial charge in [-0.3, -0.25) is 4.99 Å². The van der Waals surface area contributed by atoms with E-state index >= 15 is 0 Å². The first-order valence-electron chi connectivity index (χ1n) is 8.64. The van der Waals surface area contributed by atoms with Crippen LogP contribution in [0.25, 0.3) is 0 Å². The highest BCUT2D eigenvalue weighted by Crippen LogP contribution is 2.15. The third-order valence-electron chi connectivity index (χ3n) is 3.74. The molecule has 0 fully saturated rings. The molecule has 142 valence electrons. The number of hydrogen-bond donors (Lipinski definition) is 2. The minimum Gasteiger partial charge on any atom is -0.497 e. The Morgan fingerprint density at radius 2 is 1.69 bits per heavy atom. The number of methoxy groups -OCH3 is 1. The normalized spacial score (nSPS) is 10.8. The topological polar surface area (TPSA) is 68.9 Å². The van der Waals surface area contributed by atoms with Crippen molar-refractivity contribution in [2.45, 2.75) is 26.2 Å². The lowest BCUT2D eigenvalue weighted by molar-refractivity contribution is 0.309. The Balaban J connectivity index is 0.00000338. The number of nitrogens with zero attached hydrogens (tertiary/aromatic N) is 1. The SMILES string of the molecule is CCCCOc1ccc(CCN=C(N)Nc2ccc(OC)cc2)cc1.I. The van der Waals surface area contributed by atoms with Gasteiger partial charge < -0.3 is 20.5 Å². The lowest BCUT2D eigenvalue weighted by Crippen LogP contribution is -2.23. The molecular formula is C20H28IN3O2. The average molecular weight is 469 g/mol. The minimum atomic E-state index is 0. The van der Waals surface area contributed by atoms with E-state index in [9.17, 15) is 0 Å². The molecule has 2 aromatic rings. The first-order valence-corrected chi connectivity index (χ1v) is 8.64. The average Bonchev–Trinajstić information content (AvgIpc) is 2.64. The number of unbranched alkanes of at least 4 members (excludes halogenated alkanes) is 1. The van der Waals surface area contributed by atoms with E-state index in [4.69, 9.17) is 15.2 Å². The molecule has 0 aliphatic heterocycles. The van der Waals surface area contributed by atoms with Gasteiger partial charge in [0, 0.05) is 12.2 Å². The molecule has 0 radical (unpaired) electrons. The number of nitrogens with two attached hydrogens (primary N) is 1. The summed E-state index contributed by atoms with van der Waals surface area (Å²) in [6, 6.07) is 15.7. The number of hydrogen-bond acceptors (Lipinski definition) is 3. The molecule has 2 rings (SSSR count). The van der Waals surface area contributed by atoms with Gasteiger partial charge in [0.2, 0.25) is 0 Å². The van der Waals surface area contributed by atoms with Crippen LogP contribution in [-0.4, -0.2) is 26.2 Å². The second-order valence-corrected chi connectivity index (χ2v) is 5.72. The van der Waals surface area contributed by atoms with Gasteiger partial charge in [-0.25, -0.2) is 0 Å². The summed E-state index contributed by atoms with van der Waals surface area (Å²) in [4.78, 5) is 4.36. The smallest absolute Gasteiger partial charge is 0.193 e. The van der Waals surface area contributed by atoms with Gasteiger partial charge in [0.15, 0.2) is 5.96 Å². The number of ether oxygens (including phenoxy) is 2. The highest BCUT2D eigenvalue weighted by Gasteiger charge is 1.98. The molecule has 0 bridgehead atoms. The molecule has 0 aliphatic carbocycles. The molecule has 0 unspecified atom stereocenters. The summed E-state index contributed by atoms with van der Waals surface area (Å²) in [5, 5.41) is 3.07. The fourth-order valence-electron chi connectivity index (χ4n) is 2.25. The lowest BCUT2D eigenvalue weighted by atomic mass is 10.1. The zero-order valence-corrected chi connectivity index (χ0v) is 17.7. The number of halogens is 1. The van der Waals surface area contributed by atoms with Gasteiger partial charge in [0.25, 0.3) is 0 Å². The van der Waals surface area contributed by atoms with E-state index in [0.29, 0.717) is 12.5 Å². The standard InChI is InChI=1S/C20H27N3O2.HI/c1-3-4-15-25-19-9-5-16(6-10-19)13-14-22-20(21)23-17-7-11-18(24-2)12-8-17;/h5-12H,3-4,13-15H2,1-2H3,(H3,21,22,23);1H. The Kier molecular flexibility index (Phi) is 10.5. The van der Waals surface area contributed by atoms with E-state index in [1.165, 1.54) is 5.56 Å². The van der Waals surface area contributed by atoms with E-state index in [1.807, 2.05) is 36.4 Å². The zero-order chi connectivity index (χ0) is 17.9. The van der Waals surface area contributed by atoms with Crippen molar-refractivity contribution in [3.05, 3.63) is 54.1 Å². The van der Waals surface area contributed by atoms with Gasteiger partial charge in [-0.15, -0.1) is 24.0 Å². The van der Waals surface area contributed by atoms with Crippen molar-refractivity contribution < 1.29 is 9.47 Å². The summed E-state index contributed by atoms with van der Waals surface area (Å²) in [6.07, 6.45) is 3.05. The largest absolute Gasteiger partial charge is 0.497 e. The zero-order valence-electron chi connectivity index (χ0n) is 15.4. The Bertz CT molecular complexity index is 658. The van der Waals surface area contributed by atoms with Crippen molar-refractivity contribution in [1.29, 1.82) is 0 Å². The predicted octanol–water partition coefficient (Wildman–Crippen LogP) is 4.46. The maximum atomic E-state index is 5.92. The maximum Gasteiger partial charge on any atom is 0.193 e. The molecule has 6 heteroatoms. The predicted molar refractivity (Wildman–Crippen MR) is 119 cm³/mol. The first kappa shape index (κ1) is 22.1. The summed E-state index contributed by atoms with van der Waals surface area (Å²) in [7, 11) is 1.64. The van der Waals surface area contributed by atoms with Crippen LogP contribution in [0, 0.1) is 0 Å². The van der Waals surface area contributed by atoms with Gasteiger partial charge >= 0.3 is 0 Å². The van der Waals surface area contributed by atoms with Gasteiger partial charge in [-0.05, 0) is 54.8 Å². The lowest BCUT2D eigenvalue weighted by Gasteiger charge is -2.07. The summed E-state index contributed by atoms with van der Waals surface area (Å²) < 4.78 is 10.8. The molecule has 0 heterocycles. The molecular weight excluding hydrogens is 441 g/mol. The molecule has 2 aromatic carbocycles. The van der Waals surface area contributed by atoms with Crippen LogP contribution in [0.3, 0.4) is 0 Å². The van der Waals surface area contributed by atoms with Crippen LogP contribution >= 0.6 is 24.0 Å². The van der Waals surface area contributed by atoms with Crippen molar-refractivity contribution in [3.8, 4) is 11.5 Å². The summed E-state index contributed by atoms with van der Waals surface area (Å²) in [5.74, 6) is 2.13. The van der Waals surface area contributed by atoms with Crippen LogP contribution in [0.1, 0.15) is 25.3 Å². The van der Waals surface area contributed by atoms with Gasteiger partial charge in [-0.1, -0.05) is 25.5 Å². The van der Waals surface area contributed by atoms with Gasteiger partial charge in [0.05, 0.1) is 13.7 Å². The van der Waals surface area contributed by atoms with Crippen LogP contribution in [0.4, 0.5) is 5.69 Å². The number of rotatable bonds is 9. The van der Waals surface area contributed by atoms with Crippen LogP contribution in [-0.2, 0) is 6.42 Å². The van der Waals surface area contributed by atoms with Crippen molar-refractivity contribution >= 4 is 35.6 Å². The van der Waals surface area contributed by atoms with Crippen molar-refractivity contribution in [2.75, 3.05) is 25.6 Å². The molecule has 5 nitrogen and oxygen atoms in total. The molecule has 0 aliphatic rings. The van der Waals surface area contributed by atoms with E-state index < -0.39 is 0 Å². The van der Waals surface area contributed by atoms with Crippen LogP contribution in [0.5, 0.6) is 11.5 Å². The number of aliphatic imine (C=N–C) groups is 1. The second kappa shape index (κ2) is 12.4. The van der Waals surface area contributed by atoms with Crippen molar-refractivity contribution in [1.82, 2.24) is 0 Å². The van der Waals surface area contributed by atoms with Crippen LogP contribution in [0.2, 0.25) is 0 Å². The van der Waals surface area contributed by atoms with Crippen LogP contribution in [0.15, 0.2) is 53.5 Å². The van der Waals surface area contributed by atoms with Crippen molar-refractivity contribution in [3.63, 3.8) is 0 Å². The minimum absolute atomic E-state index is 0. The van der Waals surface area contributed by atoms with E-state index in [0.717, 1.165) is 43.1 Å². The maximum absolute atomic E-state index is 5.92. The number of guanidine groups is 1. The third-order valence-corrected chi connectivity index (χ3v) is 3.74. The van der Waals surface area contributed by atoms with Gasteiger partial charge in [0.1, 0.15) is 11.5 Å². The number of benzene rings is 2. The Morgan fingerprint density at radius 1 is 1.04 bits per heavy atom. The molecule has 3 N–H and O–H groups in total. The van der Waals surface area contributed by atoms with E-state index in [-0.39, 0.29) is 24.0 Å². The highest BCUT2D eigenvalue weighted by molar-refractivity contribution is 14.0. The Labute approximate surface area is 173 Å². The molecule has 0 aromatic heterocycles. The van der Waals surface area contributed by atoms with Crippen LogP contribution < -0.4 is 20.5 Å². The highest BCUT2D eigenvalue weighted by atomic mass is 127. The monoisotopic (exact) mass is 469 g/mol. The molecule has 26 heavy (non-hydrogen) atoms. The fraction of sp³-hybridized carbons (Fsp3) is 0.350. The van der Waals surface area contributed by atoms with E-state index in [2.05, 4.69) is 29.4 Å². The number of anilines is 1. The van der Waals surface area contributed by atoms with E-state index in [1.54, 1.807) is 7.11 Å². The summed E-state index contributed by atoms with van der Waals surface area (Å²) >= 11 is 0. The molecule has 0 saturated carbocycles. The molecule has 0 atom stereocenters. The quantitative estimate of drug-likeness (QED) is 0.246. The Hall–Kier alpha value is -1.96. The molecule has 0 saturated heterocycles. The summed E-state index contributed by atoms with van der Waals surface area (Å²) in [6.45, 7) is 3.56. The molecule has 0 amide bonds. The Morgan fingerprint density at radius 3 is 2.31 bits per heavy atom. The second-order valence-electron chi connectivity index (χ2n) is 5.72. The van der Waals surface area contributed by atoms with Crippen molar-refractivity contribution in [2.24, 2.45) is 10.7 Å². The third kappa shape index (κ3) is 7.95.